The number of hydrogen-bond donors (Lipinski definition) is 1. The molecule has 0 atom stereocenters. The van der Waals surface area contributed by atoms with Crippen LogP contribution in [0.4, 0.5) is 5.69 Å². The zero-order valence-electron chi connectivity index (χ0n) is 9.31. The van der Waals surface area contributed by atoms with Crippen molar-refractivity contribution in [1.29, 1.82) is 0 Å². The molecular formula is C12H6ClIN2OS2. The first-order chi connectivity index (χ1) is 9.15. The molecule has 2 aromatic heterocycles. The van der Waals surface area contributed by atoms with Gasteiger partial charge in [0.15, 0.2) is 0 Å². The van der Waals surface area contributed by atoms with Crippen LogP contribution in [0.15, 0.2) is 29.1 Å². The van der Waals surface area contributed by atoms with Gasteiger partial charge in [0, 0.05) is 5.38 Å². The molecule has 7 heteroatoms. The van der Waals surface area contributed by atoms with Crippen LogP contribution in [-0.4, -0.2) is 10.9 Å². The maximum atomic E-state index is 12.2. The lowest BCUT2D eigenvalue weighted by molar-refractivity contribution is 0.102. The fraction of sp³-hybridized carbons (Fsp3) is 0. The summed E-state index contributed by atoms with van der Waals surface area (Å²) in [5.41, 5.74) is 3.68. The van der Waals surface area contributed by atoms with Crippen molar-refractivity contribution in [2.24, 2.45) is 0 Å². The highest BCUT2D eigenvalue weighted by atomic mass is 127. The highest BCUT2D eigenvalue weighted by Crippen LogP contribution is 2.32. The molecule has 0 unspecified atom stereocenters. The summed E-state index contributed by atoms with van der Waals surface area (Å²) in [6.45, 7) is 0. The van der Waals surface area contributed by atoms with Gasteiger partial charge in [0.25, 0.3) is 5.91 Å². The van der Waals surface area contributed by atoms with Crippen molar-refractivity contribution in [3.8, 4) is 0 Å². The number of rotatable bonds is 2. The van der Waals surface area contributed by atoms with Crippen molar-refractivity contribution in [3.05, 3.63) is 42.6 Å². The molecule has 1 aromatic carbocycles. The molecule has 2 heterocycles. The molecule has 3 nitrogen and oxygen atoms in total. The third-order valence-electron chi connectivity index (χ3n) is 2.52. The molecule has 3 aromatic rings. The first-order valence-electron chi connectivity index (χ1n) is 5.22. The van der Waals surface area contributed by atoms with Gasteiger partial charge >= 0.3 is 0 Å². The van der Waals surface area contributed by atoms with Gasteiger partial charge in [0.1, 0.15) is 5.52 Å². The lowest BCUT2D eigenvalue weighted by Crippen LogP contribution is -2.11. The van der Waals surface area contributed by atoms with Crippen molar-refractivity contribution >= 4 is 78.7 Å². The summed E-state index contributed by atoms with van der Waals surface area (Å²) in [4.78, 5) is 16.4. The van der Waals surface area contributed by atoms with Gasteiger partial charge in [-0.1, -0.05) is 11.6 Å². The van der Waals surface area contributed by atoms with Crippen LogP contribution < -0.4 is 5.32 Å². The van der Waals surface area contributed by atoms with E-state index in [1.807, 2.05) is 17.5 Å². The quantitative estimate of drug-likeness (QED) is 0.601. The zero-order chi connectivity index (χ0) is 13.4. The monoisotopic (exact) mass is 420 g/mol. The Morgan fingerprint density at radius 1 is 1.37 bits per heavy atom. The Hall–Kier alpha value is -0.700. The van der Waals surface area contributed by atoms with Crippen LogP contribution >= 0.6 is 56.9 Å². The summed E-state index contributed by atoms with van der Waals surface area (Å²) in [6.07, 6.45) is 0. The number of carbonyl (C=O) groups excluding carboxylic acids is 1. The van der Waals surface area contributed by atoms with Gasteiger partial charge in [-0.25, -0.2) is 4.98 Å². The standard InChI is InChI=1S/C12H6ClIN2OS2/c13-7-1-2-8-11(15-5-19-8)10(7)16-12(17)6-3-9(14)18-4-6/h1-5H,(H,16,17). The number of benzene rings is 1. The molecule has 19 heavy (non-hydrogen) atoms. The fourth-order valence-electron chi connectivity index (χ4n) is 1.64. The Kier molecular flexibility index (Phi) is 3.75. The number of thiophene rings is 1. The fourth-order valence-corrected chi connectivity index (χ4v) is 3.85. The number of nitrogens with zero attached hydrogens (tertiary/aromatic N) is 1. The molecular weight excluding hydrogens is 415 g/mol. The van der Waals surface area contributed by atoms with E-state index < -0.39 is 0 Å². The Labute approximate surface area is 135 Å². The van der Waals surface area contributed by atoms with E-state index in [1.165, 1.54) is 22.7 Å². The van der Waals surface area contributed by atoms with E-state index in [-0.39, 0.29) is 5.91 Å². The predicted molar refractivity (Wildman–Crippen MR) is 89.6 cm³/mol. The molecule has 3 rings (SSSR count). The summed E-state index contributed by atoms with van der Waals surface area (Å²) < 4.78 is 2.07. The molecule has 0 bridgehead atoms. The first-order valence-corrected chi connectivity index (χ1v) is 8.44. The van der Waals surface area contributed by atoms with E-state index in [4.69, 9.17) is 11.6 Å². The number of hydrogen-bond acceptors (Lipinski definition) is 4. The Balaban J connectivity index is 1.99. The third-order valence-corrected chi connectivity index (χ3v) is 5.42. The van der Waals surface area contributed by atoms with Gasteiger partial charge in [-0.15, -0.1) is 22.7 Å². The van der Waals surface area contributed by atoms with Gasteiger partial charge in [0.2, 0.25) is 0 Å². The number of nitrogens with one attached hydrogen (secondary N) is 1. The Bertz CT molecular complexity index is 768. The van der Waals surface area contributed by atoms with Crippen molar-refractivity contribution in [2.45, 2.75) is 0 Å². The van der Waals surface area contributed by atoms with Crippen molar-refractivity contribution in [1.82, 2.24) is 4.98 Å². The molecule has 1 amide bonds. The molecule has 1 N–H and O–H groups in total. The molecule has 0 aliphatic carbocycles. The number of aromatic nitrogens is 1. The summed E-state index contributed by atoms with van der Waals surface area (Å²) in [5, 5.41) is 5.17. The minimum absolute atomic E-state index is 0.165. The van der Waals surface area contributed by atoms with E-state index in [1.54, 1.807) is 11.6 Å². The van der Waals surface area contributed by atoms with Crippen LogP contribution in [0.1, 0.15) is 10.4 Å². The largest absolute Gasteiger partial charge is 0.319 e. The Morgan fingerprint density at radius 2 is 2.21 bits per heavy atom. The Morgan fingerprint density at radius 3 is 2.95 bits per heavy atom. The lowest BCUT2D eigenvalue weighted by atomic mass is 10.2. The summed E-state index contributed by atoms with van der Waals surface area (Å²) >= 11 is 11.4. The van der Waals surface area contributed by atoms with Gasteiger partial charge in [-0.05, 0) is 40.8 Å². The maximum Gasteiger partial charge on any atom is 0.256 e. The normalized spacial score (nSPS) is 10.8. The molecule has 0 saturated carbocycles. The minimum atomic E-state index is -0.165. The third kappa shape index (κ3) is 2.62. The lowest BCUT2D eigenvalue weighted by Gasteiger charge is -2.06. The number of halogens is 2. The highest BCUT2D eigenvalue weighted by Gasteiger charge is 2.14. The topological polar surface area (TPSA) is 42.0 Å². The average molecular weight is 421 g/mol. The molecule has 96 valence electrons. The highest BCUT2D eigenvalue weighted by molar-refractivity contribution is 14.1. The minimum Gasteiger partial charge on any atom is -0.319 e. The number of carbonyl (C=O) groups is 1. The summed E-state index contributed by atoms with van der Waals surface area (Å²) in [7, 11) is 0. The van der Waals surface area contributed by atoms with Crippen LogP contribution in [0.5, 0.6) is 0 Å². The molecule has 0 fully saturated rings. The average Bonchev–Trinajstić information content (AvgIpc) is 3.01. The van der Waals surface area contributed by atoms with E-state index in [0.717, 1.165) is 13.1 Å². The maximum absolute atomic E-state index is 12.2. The van der Waals surface area contributed by atoms with Gasteiger partial charge < -0.3 is 5.32 Å². The van der Waals surface area contributed by atoms with Crippen LogP contribution in [0.25, 0.3) is 10.2 Å². The van der Waals surface area contributed by atoms with E-state index in [2.05, 4.69) is 32.9 Å². The zero-order valence-corrected chi connectivity index (χ0v) is 13.9. The summed E-state index contributed by atoms with van der Waals surface area (Å²) in [5.74, 6) is -0.165. The molecule has 0 saturated heterocycles. The van der Waals surface area contributed by atoms with E-state index in [0.29, 0.717) is 16.3 Å². The van der Waals surface area contributed by atoms with Crippen LogP contribution in [-0.2, 0) is 0 Å². The number of amides is 1. The number of anilines is 1. The van der Waals surface area contributed by atoms with Crippen molar-refractivity contribution in [3.63, 3.8) is 0 Å². The predicted octanol–water partition coefficient (Wildman–Crippen LogP) is 4.87. The van der Waals surface area contributed by atoms with Crippen LogP contribution in [0.2, 0.25) is 5.02 Å². The van der Waals surface area contributed by atoms with E-state index in [9.17, 15) is 4.79 Å². The smallest absolute Gasteiger partial charge is 0.256 e. The second-order valence-corrected chi connectivity index (χ2v) is 7.81. The second-order valence-electron chi connectivity index (χ2n) is 3.72. The molecule has 0 aliphatic heterocycles. The SMILES string of the molecule is O=C(Nc1c(Cl)ccc2scnc12)c1csc(I)c1. The molecule has 0 aliphatic rings. The summed E-state index contributed by atoms with van der Waals surface area (Å²) in [6, 6.07) is 5.52. The van der Waals surface area contributed by atoms with Gasteiger partial charge in [0.05, 0.1) is 29.4 Å². The first kappa shape index (κ1) is 13.3. The van der Waals surface area contributed by atoms with Crippen LogP contribution in [0, 0.1) is 2.88 Å². The van der Waals surface area contributed by atoms with Crippen LogP contribution in [0.3, 0.4) is 0 Å². The molecule has 0 radical (unpaired) electrons. The van der Waals surface area contributed by atoms with Crippen molar-refractivity contribution < 1.29 is 4.79 Å². The number of fused-ring (bicyclic) bond motifs is 1. The van der Waals surface area contributed by atoms with Gasteiger partial charge in [-0.3, -0.25) is 4.79 Å². The van der Waals surface area contributed by atoms with E-state index >= 15 is 0 Å². The second kappa shape index (κ2) is 5.35. The number of thiazole rings is 1. The molecule has 0 spiro atoms. The van der Waals surface area contributed by atoms with Crippen molar-refractivity contribution in [2.75, 3.05) is 5.32 Å². The van der Waals surface area contributed by atoms with Gasteiger partial charge in [-0.2, -0.15) is 0 Å².